The van der Waals surface area contributed by atoms with E-state index in [1.165, 1.54) is 5.57 Å². The lowest BCUT2D eigenvalue weighted by atomic mass is 9.96. The minimum absolute atomic E-state index is 0.244. The van der Waals surface area contributed by atoms with E-state index in [1.54, 1.807) is 7.11 Å². The van der Waals surface area contributed by atoms with Gasteiger partial charge in [0.2, 0.25) is 0 Å². The van der Waals surface area contributed by atoms with E-state index in [0.717, 1.165) is 55.8 Å². The first-order chi connectivity index (χ1) is 13.6. The average molecular weight is 390 g/mol. The summed E-state index contributed by atoms with van der Waals surface area (Å²) in [4.78, 5) is 7.71. The van der Waals surface area contributed by atoms with E-state index in [9.17, 15) is 5.11 Å². The van der Waals surface area contributed by atoms with Gasteiger partial charge in [-0.2, -0.15) is 0 Å². The number of methoxy groups -OCH3 is 1. The summed E-state index contributed by atoms with van der Waals surface area (Å²) in [7, 11) is 5.79. The van der Waals surface area contributed by atoms with Crippen molar-refractivity contribution in [3.63, 3.8) is 0 Å². The van der Waals surface area contributed by atoms with E-state index in [0.29, 0.717) is 6.54 Å². The van der Waals surface area contributed by atoms with Crippen LogP contribution in [0.25, 0.3) is 6.08 Å². The van der Waals surface area contributed by atoms with Gasteiger partial charge in [0.05, 0.1) is 18.9 Å². The zero-order valence-corrected chi connectivity index (χ0v) is 17.4. The number of hydrogen-bond donors (Lipinski definition) is 3. The Labute approximate surface area is 169 Å². The number of nitrogens with zero attached hydrogens (tertiary/aromatic N) is 1. The lowest BCUT2D eigenvalue weighted by Gasteiger charge is -2.20. The number of benzene rings is 1. The van der Waals surface area contributed by atoms with Crippen LogP contribution >= 0.6 is 0 Å². The Bertz CT molecular complexity index is 626. The van der Waals surface area contributed by atoms with Crippen molar-refractivity contribution in [1.29, 1.82) is 0 Å². The zero-order chi connectivity index (χ0) is 20.2. The van der Waals surface area contributed by atoms with Gasteiger partial charge in [-0.1, -0.05) is 18.2 Å². The smallest absolute Gasteiger partial charge is 0.118 e. The van der Waals surface area contributed by atoms with Gasteiger partial charge < -0.3 is 20.1 Å². The second-order valence-electron chi connectivity index (χ2n) is 7.38. The van der Waals surface area contributed by atoms with Gasteiger partial charge in [-0.15, -0.1) is 0 Å². The van der Waals surface area contributed by atoms with Crippen molar-refractivity contribution in [2.75, 3.05) is 47.4 Å². The predicted octanol–water partition coefficient (Wildman–Crippen LogP) is 2.57. The number of nitrogens with one attached hydrogen (secondary N) is 2. The monoisotopic (exact) mass is 389 g/mol. The predicted molar refractivity (Wildman–Crippen MR) is 114 cm³/mol. The average Bonchev–Trinajstić information content (AvgIpc) is 2.69. The van der Waals surface area contributed by atoms with Crippen molar-refractivity contribution in [2.45, 2.75) is 31.8 Å². The summed E-state index contributed by atoms with van der Waals surface area (Å²) < 4.78 is 5.21. The Morgan fingerprint density at radius 1 is 1.25 bits per heavy atom. The fourth-order valence-electron chi connectivity index (χ4n) is 3.03. The van der Waals surface area contributed by atoms with Gasteiger partial charge in [-0.3, -0.25) is 10.3 Å². The lowest BCUT2D eigenvalue weighted by Crippen LogP contribution is -2.34. The highest BCUT2D eigenvalue weighted by molar-refractivity contribution is 5.59. The lowest BCUT2D eigenvalue weighted by molar-refractivity contribution is -0.00452. The van der Waals surface area contributed by atoms with Gasteiger partial charge >= 0.3 is 0 Å². The van der Waals surface area contributed by atoms with Crippen molar-refractivity contribution >= 4 is 6.08 Å². The van der Waals surface area contributed by atoms with Crippen LogP contribution in [0, 0.1) is 0 Å². The van der Waals surface area contributed by atoms with Crippen LogP contribution in [0.5, 0.6) is 5.75 Å². The SMILES string of the molecule is COc1ccc(C=C2CCCC=C2NOC[C@@H](O)CNCCCN(C)C)cc1. The van der Waals surface area contributed by atoms with E-state index in [4.69, 9.17) is 9.57 Å². The molecular weight excluding hydrogens is 354 g/mol. The molecule has 156 valence electrons. The number of aliphatic hydroxyl groups is 1. The Balaban J connectivity index is 1.75. The van der Waals surface area contributed by atoms with Crippen LogP contribution in [-0.4, -0.2) is 63.6 Å². The molecule has 0 bridgehead atoms. The maximum Gasteiger partial charge on any atom is 0.118 e. The van der Waals surface area contributed by atoms with Crippen LogP contribution in [0.1, 0.15) is 31.2 Å². The van der Waals surface area contributed by atoms with Crippen LogP contribution in [0.2, 0.25) is 0 Å². The third kappa shape index (κ3) is 8.44. The second-order valence-corrected chi connectivity index (χ2v) is 7.38. The van der Waals surface area contributed by atoms with Gasteiger partial charge in [0, 0.05) is 6.54 Å². The van der Waals surface area contributed by atoms with E-state index in [1.807, 2.05) is 24.3 Å². The van der Waals surface area contributed by atoms with E-state index in [-0.39, 0.29) is 6.61 Å². The van der Waals surface area contributed by atoms with E-state index in [2.05, 4.69) is 41.9 Å². The molecule has 6 heteroatoms. The van der Waals surface area contributed by atoms with Crippen LogP contribution in [0.15, 0.2) is 41.6 Å². The molecule has 6 nitrogen and oxygen atoms in total. The molecule has 0 fully saturated rings. The quantitative estimate of drug-likeness (QED) is 0.377. The normalized spacial score (nSPS) is 16.9. The van der Waals surface area contributed by atoms with Crippen LogP contribution in [-0.2, 0) is 4.84 Å². The minimum atomic E-state index is -0.537. The van der Waals surface area contributed by atoms with Gasteiger partial charge in [0.25, 0.3) is 0 Å². The molecule has 0 amide bonds. The van der Waals surface area contributed by atoms with Crippen molar-refractivity contribution < 1.29 is 14.7 Å². The molecule has 1 aliphatic rings. The molecule has 1 aromatic rings. The molecule has 0 spiro atoms. The maximum absolute atomic E-state index is 10.1. The van der Waals surface area contributed by atoms with Crippen molar-refractivity contribution in [3.05, 3.63) is 47.2 Å². The number of hydrogen-bond acceptors (Lipinski definition) is 6. The highest BCUT2D eigenvalue weighted by Crippen LogP contribution is 2.25. The second kappa shape index (κ2) is 12.6. The molecule has 0 unspecified atom stereocenters. The van der Waals surface area contributed by atoms with Crippen LogP contribution < -0.4 is 15.5 Å². The molecule has 0 saturated carbocycles. The van der Waals surface area contributed by atoms with E-state index >= 15 is 0 Å². The van der Waals surface area contributed by atoms with Crippen molar-refractivity contribution in [2.24, 2.45) is 0 Å². The summed E-state index contributed by atoms with van der Waals surface area (Å²) in [6.45, 7) is 2.71. The molecule has 0 aliphatic heterocycles. The first-order valence-electron chi connectivity index (χ1n) is 10.0. The highest BCUT2D eigenvalue weighted by atomic mass is 16.6. The summed E-state index contributed by atoms with van der Waals surface area (Å²) in [5.41, 5.74) is 6.38. The molecule has 0 aromatic heterocycles. The molecule has 28 heavy (non-hydrogen) atoms. The Hall–Kier alpha value is -1.86. The first kappa shape index (κ1) is 22.4. The molecule has 1 aromatic carbocycles. The van der Waals surface area contributed by atoms with Crippen molar-refractivity contribution in [1.82, 2.24) is 15.7 Å². The standard InChI is InChI=1S/C22H35N3O3/c1-25(2)14-6-13-23-16-20(26)17-28-24-22-8-5-4-7-19(22)15-18-9-11-21(27-3)12-10-18/h8-12,15,20,23-24,26H,4-7,13-14,16-17H2,1-3H3/t20-/m0/s1. The summed E-state index contributed by atoms with van der Waals surface area (Å²) in [5.74, 6) is 0.854. The Morgan fingerprint density at radius 3 is 2.75 bits per heavy atom. The van der Waals surface area contributed by atoms with Crippen LogP contribution in [0.4, 0.5) is 0 Å². The fraction of sp³-hybridized carbons (Fsp3) is 0.545. The highest BCUT2D eigenvalue weighted by Gasteiger charge is 2.12. The summed E-state index contributed by atoms with van der Waals surface area (Å²) in [6, 6.07) is 8.02. The third-order valence-electron chi connectivity index (χ3n) is 4.60. The molecule has 0 heterocycles. The maximum atomic E-state index is 10.1. The molecule has 0 radical (unpaired) electrons. The topological polar surface area (TPSA) is 66.0 Å². The largest absolute Gasteiger partial charge is 0.497 e. The van der Waals surface area contributed by atoms with Crippen molar-refractivity contribution in [3.8, 4) is 5.75 Å². The molecule has 1 atom stereocenters. The molecule has 3 N–H and O–H groups in total. The van der Waals surface area contributed by atoms with Gasteiger partial charge in [-0.05, 0) is 82.2 Å². The summed E-state index contributed by atoms with van der Waals surface area (Å²) in [6.07, 6.45) is 8.02. The minimum Gasteiger partial charge on any atom is -0.497 e. The number of ether oxygens (including phenoxy) is 1. The third-order valence-corrected chi connectivity index (χ3v) is 4.60. The van der Waals surface area contributed by atoms with Gasteiger partial charge in [-0.25, -0.2) is 0 Å². The number of hydroxylamine groups is 1. The summed E-state index contributed by atoms with van der Waals surface area (Å²) in [5, 5.41) is 13.3. The van der Waals surface area contributed by atoms with Gasteiger partial charge in [0.1, 0.15) is 12.4 Å². The number of allylic oxidation sites excluding steroid dienone is 2. The summed E-state index contributed by atoms with van der Waals surface area (Å²) >= 11 is 0. The molecular formula is C22H35N3O3. The zero-order valence-electron chi connectivity index (χ0n) is 17.4. The Kier molecular flexibility index (Phi) is 10.1. The molecule has 2 rings (SSSR count). The van der Waals surface area contributed by atoms with Crippen LogP contribution in [0.3, 0.4) is 0 Å². The van der Waals surface area contributed by atoms with E-state index < -0.39 is 6.10 Å². The number of rotatable bonds is 12. The molecule has 1 aliphatic carbocycles. The van der Waals surface area contributed by atoms with Gasteiger partial charge in [0.15, 0.2) is 0 Å². The number of aliphatic hydroxyl groups excluding tert-OH is 1. The first-order valence-corrected chi connectivity index (χ1v) is 10.0. The fourth-order valence-corrected chi connectivity index (χ4v) is 3.03. The Morgan fingerprint density at radius 2 is 2.04 bits per heavy atom. The molecule has 0 saturated heterocycles.